The molecule has 0 saturated heterocycles. The van der Waals surface area contributed by atoms with E-state index < -0.39 is 27.8 Å². The molecule has 0 aromatic heterocycles. The van der Waals surface area contributed by atoms with Crippen LogP contribution in [0.3, 0.4) is 0 Å². The highest BCUT2D eigenvalue weighted by Crippen LogP contribution is 2.31. The van der Waals surface area contributed by atoms with Gasteiger partial charge in [-0.25, -0.2) is 8.42 Å². The summed E-state index contributed by atoms with van der Waals surface area (Å²) in [7, 11) is -3.18. The molecule has 3 unspecified atom stereocenters. The van der Waals surface area contributed by atoms with E-state index in [1.807, 2.05) is 0 Å². The molecule has 0 bridgehead atoms. The van der Waals surface area contributed by atoms with Gasteiger partial charge in [-0.2, -0.15) is 0 Å². The highest BCUT2D eigenvalue weighted by Gasteiger charge is 2.35. The van der Waals surface area contributed by atoms with Crippen molar-refractivity contribution >= 4 is 21.7 Å². The molecule has 18 heavy (non-hydrogen) atoms. The lowest BCUT2D eigenvalue weighted by Crippen LogP contribution is -2.39. The molecular weight excluding hydrogens is 258 g/mol. The van der Waals surface area contributed by atoms with Crippen LogP contribution in [0.1, 0.15) is 19.3 Å². The van der Waals surface area contributed by atoms with Crippen LogP contribution in [-0.4, -0.2) is 37.2 Å². The summed E-state index contributed by atoms with van der Waals surface area (Å²) in [5.74, 6) is -1.99. The van der Waals surface area contributed by atoms with Gasteiger partial charge in [0.25, 0.3) is 0 Å². The lowest BCUT2D eigenvalue weighted by Gasteiger charge is -2.14. The largest absolute Gasteiger partial charge is 0.481 e. The number of carbonyl (C=O) groups excluding carboxylic acids is 1. The smallest absolute Gasteiger partial charge is 0.306 e. The van der Waals surface area contributed by atoms with Gasteiger partial charge < -0.3 is 10.4 Å². The van der Waals surface area contributed by atoms with E-state index in [0.29, 0.717) is 19.3 Å². The van der Waals surface area contributed by atoms with Crippen LogP contribution >= 0.6 is 0 Å². The summed E-state index contributed by atoms with van der Waals surface area (Å²) in [6, 6.07) is -0.480. The number of rotatable bonds is 3. The van der Waals surface area contributed by atoms with Crippen LogP contribution in [0.2, 0.25) is 0 Å². The molecule has 0 aromatic rings. The fourth-order valence-corrected chi connectivity index (χ4v) is 3.65. The van der Waals surface area contributed by atoms with Crippen LogP contribution < -0.4 is 5.32 Å². The first kappa shape index (κ1) is 13.1. The van der Waals surface area contributed by atoms with Crippen molar-refractivity contribution in [2.24, 2.45) is 11.8 Å². The molecular formula is C11H15NO5S. The summed E-state index contributed by atoms with van der Waals surface area (Å²) in [5.41, 5.74) is 0. The van der Waals surface area contributed by atoms with E-state index in [-0.39, 0.29) is 17.6 Å². The molecule has 1 aliphatic heterocycles. The average Bonchev–Trinajstić information content (AvgIpc) is 2.85. The summed E-state index contributed by atoms with van der Waals surface area (Å²) < 4.78 is 22.3. The molecule has 1 heterocycles. The Kier molecular flexibility index (Phi) is 3.43. The topological polar surface area (TPSA) is 101 Å². The minimum absolute atomic E-state index is 0.103. The van der Waals surface area contributed by atoms with Crippen LogP contribution in [0, 0.1) is 11.8 Å². The van der Waals surface area contributed by atoms with Crippen molar-refractivity contribution in [1.82, 2.24) is 5.32 Å². The average molecular weight is 273 g/mol. The van der Waals surface area contributed by atoms with Gasteiger partial charge in [0.2, 0.25) is 5.91 Å². The van der Waals surface area contributed by atoms with Gasteiger partial charge in [-0.05, 0) is 25.3 Å². The van der Waals surface area contributed by atoms with Gasteiger partial charge in [-0.3, -0.25) is 9.59 Å². The van der Waals surface area contributed by atoms with Gasteiger partial charge in [-0.1, -0.05) is 0 Å². The zero-order valence-electron chi connectivity index (χ0n) is 9.70. The highest BCUT2D eigenvalue weighted by atomic mass is 32.2. The Balaban J connectivity index is 1.87. The summed E-state index contributed by atoms with van der Waals surface area (Å²) in [4.78, 5) is 22.6. The van der Waals surface area contributed by atoms with Crippen molar-refractivity contribution in [1.29, 1.82) is 0 Å². The Morgan fingerprint density at radius 3 is 2.39 bits per heavy atom. The lowest BCUT2D eigenvalue weighted by molar-refractivity contribution is -0.141. The Labute approximate surface area is 105 Å². The zero-order chi connectivity index (χ0) is 13.3. The molecule has 3 atom stereocenters. The van der Waals surface area contributed by atoms with E-state index in [1.165, 1.54) is 6.08 Å². The Bertz CT molecular complexity index is 496. The summed E-state index contributed by atoms with van der Waals surface area (Å²) in [5, 5.41) is 12.6. The second kappa shape index (κ2) is 4.72. The third-order valence-electron chi connectivity index (χ3n) is 3.41. The second-order valence-corrected chi connectivity index (χ2v) is 6.75. The van der Waals surface area contributed by atoms with Gasteiger partial charge in [0.05, 0.1) is 17.7 Å². The van der Waals surface area contributed by atoms with Crippen molar-refractivity contribution in [3.63, 3.8) is 0 Å². The molecule has 0 aromatic carbocycles. The van der Waals surface area contributed by atoms with E-state index in [9.17, 15) is 18.0 Å². The SMILES string of the molecule is O=C(O)C1CCC(C(=O)NC2C=CS(=O)(=O)C2)C1. The van der Waals surface area contributed by atoms with Gasteiger partial charge in [0.1, 0.15) is 0 Å². The number of aliphatic carboxylic acids is 1. The molecule has 100 valence electrons. The molecule has 1 amide bonds. The molecule has 1 fully saturated rings. The first-order chi connectivity index (χ1) is 8.37. The summed E-state index contributed by atoms with van der Waals surface area (Å²) in [6.07, 6.45) is 2.85. The Hall–Kier alpha value is -1.37. The van der Waals surface area contributed by atoms with Crippen LogP contribution in [0.4, 0.5) is 0 Å². The monoisotopic (exact) mass is 273 g/mol. The number of hydrogen-bond acceptors (Lipinski definition) is 4. The predicted octanol–water partition coefficient (Wildman–Crippen LogP) is -0.0858. The molecule has 1 saturated carbocycles. The third kappa shape index (κ3) is 2.90. The lowest BCUT2D eigenvalue weighted by atomic mass is 10.0. The minimum Gasteiger partial charge on any atom is -0.481 e. The number of hydrogen-bond donors (Lipinski definition) is 2. The fourth-order valence-electron chi connectivity index (χ4n) is 2.41. The van der Waals surface area contributed by atoms with Crippen LogP contribution in [0.25, 0.3) is 0 Å². The number of nitrogens with one attached hydrogen (secondary N) is 1. The number of amides is 1. The van der Waals surface area contributed by atoms with Crippen LogP contribution in [0.5, 0.6) is 0 Å². The molecule has 2 N–H and O–H groups in total. The maximum absolute atomic E-state index is 11.8. The summed E-state index contributed by atoms with van der Waals surface area (Å²) in [6.45, 7) is 0. The molecule has 2 aliphatic rings. The van der Waals surface area contributed by atoms with E-state index in [1.54, 1.807) is 0 Å². The molecule has 0 radical (unpaired) electrons. The van der Waals surface area contributed by atoms with Crippen molar-refractivity contribution in [3.8, 4) is 0 Å². The van der Waals surface area contributed by atoms with Gasteiger partial charge >= 0.3 is 5.97 Å². The first-order valence-corrected chi connectivity index (χ1v) is 7.53. The van der Waals surface area contributed by atoms with E-state index >= 15 is 0 Å². The molecule has 0 spiro atoms. The molecule has 2 rings (SSSR count). The van der Waals surface area contributed by atoms with Crippen LogP contribution in [0.15, 0.2) is 11.5 Å². The molecule has 6 nitrogen and oxygen atoms in total. The maximum Gasteiger partial charge on any atom is 0.306 e. The first-order valence-electron chi connectivity index (χ1n) is 5.81. The third-order valence-corrected chi connectivity index (χ3v) is 4.81. The van der Waals surface area contributed by atoms with Gasteiger partial charge in [-0.15, -0.1) is 0 Å². The van der Waals surface area contributed by atoms with Crippen LogP contribution in [-0.2, 0) is 19.4 Å². The van der Waals surface area contributed by atoms with Gasteiger partial charge in [0.15, 0.2) is 9.84 Å². The predicted molar refractivity (Wildman–Crippen MR) is 63.3 cm³/mol. The van der Waals surface area contributed by atoms with E-state index in [4.69, 9.17) is 5.11 Å². The van der Waals surface area contributed by atoms with Crippen molar-refractivity contribution in [2.45, 2.75) is 25.3 Å². The Morgan fingerprint density at radius 2 is 1.89 bits per heavy atom. The minimum atomic E-state index is -3.18. The molecule has 7 heteroatoms. The normalized spacial score (nSPS) is 33.4. The number of carbonyl (C=O) groups is 2. The fraction of sp³-hybridized carbons (Fsp3) is 0.636. The van der Waals surface area contributed by atoms with Crippen molar-refractivity contribution in [2.75, 3.05) is 5.75 Å². The molecule has 1 aliphatic carbocycles. The maximum atomic E-state index is 11.8. The second-order valence-electron chi connectivity index (χ2n) is 4.82. The number of carboxylic acid groups (broad SMARTS) is 1. The summed E-state index contributed by atoms with van der Waals surface area (Å²) >= 11 is 0. The number of sulfone groups is 1. The van der Waals surface area contributed by atoms with Crippen molar-refractivity contribution in [3.05, 3.63) is 11.5 Å². The number of carboxylic acids is 1. The van der Waals surface area contributed by atoms with E-state index in [2.05, 4.69) is 5.32 Å². The van der Waals surface area contributed by atoms with Gasteiger partial charge in [0, 0.05) is 11.3 Å². The standard InChI is InChI=1S/C11H15NO5S/c13-10(7-1-2-8(5-7)11(14)15)12-9-3-4-18(16,17)6-9/h3-4,7-9H,1-2,5-6H2,(H,12,13)(H,14,15). The van der Waals surface area contributed by atoms with Crippen molar-refractivity contribution < 1.29 is 23.1 Å². The van der Waals surface area contributed by atoms with E-state index in [0.717, 1.165) is 5.41 Å². The quantitative estimate of drug-likeness (QED) is 0.748. The highest BCUT2D eigenvalue weighted by molar-refractivity contribution is 7.94. The Morgan fingerprint density at radius 1 is 1.22 bits per heavy atom. The zero-order valence-corrected chi connectivity index (χ0v) is 10.5.